The minimum Gasteiger partial charge on any atom is -0.337 e. The summed E-state index contributed by atoms with van der Waals surface area (Å²) >= 11 is 0. The van der Waals surface area contributed by atoms with E-state index in [4.69, 9.17) is 0 Å². The zero-order chi connectivity index (χ0) is 15.9. The van der Waals surface area contributed by atoms with Gasteiger partial charge in [0.25, 0.3) is 0 Å². The Bertz CT molecular complexity index is 673. The number of carbonyl (C=O) groups excluding carboxylic acids is 1. The van der Waals surface area contributed by atoms with Gasteiger partial charge in [-0.3, -0.25) is 4.21 Å². The normalized spacial score (nSPS) is 13.5. The van der Waals surface area contributed by atoms with Crippen molar-refractivity contribution >= 4 is 27.6 Å². The number of urea groups is 1. The van der Waals surface area contributed by atoms with Crippen molar-refractivity contribution in [2.24, 2.45) is 0 Å². The Morgan fingerprint density at radius 3 is 2.64 bits per heavy atom. The molecule has 4 nitrogen and oxygen atoms in total. The van der Waals surface area contributed by atoms with Gasteiger partial charge in [-0.2, -0.15) is 0 Å². The minimum absolute atomic E-state index is 0.0355. The molecule has 5 heteroatoms. The number of nitrogens with one attached hydrogen (secondary N) is 2. The molecule has 0 aromatic heterocycles. The highest BCUT2D eigenvalue weighted by atomic mass is 32.2. The van der Waals surface area contributed by atoms with Crippen LogP contribution in [0.3, 0.4) is 0 Å². The molecule has 0 fully saturated rings. The predicted octanol–water partition coefficient (Wildman–Crippen LogP) is 2.45. The minimum atomic E-state index is -0.882. The summed E-state index contributed by atoms with van der Waals surface area (Å²) in [5, 5.41) is 8.05. The van der Waals surface area contributed by atoms with Crippen LogP contribution in [0.5, 0.6) is 0 Å². The first-order chi connectivity index (χ1) is 10.5. The van der Waals surface area contributed by atoms with Gasteiger partial charge in [0.1, 0.15) is 0 Å². The molecule has 2 N–H and O–H groups in total. The van der Waals surface area contributed by atoms with E-state index in [0.717, 1.165) is 6.42 Å². The molecule has 22 heavy (non-hydrogen) atoms. The van der Waals surface area contributed by atoms with Gasteiger partial charge in [0, 0.05) is 35.4 Å². The topological polar surface area (TPSA) is 58.2 Å². The number of amides is 2. The van der Waals surface area contributed by atoms with Gasteiger partial charge in [0.2, 0.25) is 0 Å². The van der Waals surface area contributed by atoms with Crippen LogP contribution < -0.4 is 10.6 Å². The standard InChI is InChI=1S/C17H22N2O2S/c1-13(19-17(20)18-9-10-22(2)21)11-14-7-8-15-5-3-4-6-16(15)12-14/h3-8,12-13H,9-11H2,1-2H3,(H2,18,19,20)/t13-,22-/m0/s1. The molecule has 2 atom stereocenters. The molecule has 2 aromatic rings. The summed E-state index contributed by atoms with van der Waals surface area (Å²) in [5.74, 6) is 0.479. The van der Waals surface area contributed by atoms with Crippen LogP contribution in [-0.2, 0) is 17.2 Å². The van der Waals surface area contributed by atoms with Crippen LogP contribution in [0, 0.1) is 0 Å². The molecular formula is C17H22N2O2S. The smallest absolute Gasteiger partial charge is 0.315 e. The third kappa shape index (κ3) is 5.15. The van der Waals surface area contributed by atoms with E-state index < -0.39 is 10.8 Å². The Morgan fingerprint density at radius 2 is 1.91 bits per heavy atom. The summed E-state index contributed by atoms with van der Waals surface area (Å²) in [4.78, 5) is 11.7. The third-order valence-corrected chi connectivity index (χ3v) is 4.19. The van der Waals surface area contributed by atoms with E-state index in [1.54, 1.807) is 6.26 Å². The van der Waals surface area contributed by atoms with Crippen molar-refractivity contribution in [1.29, 1.82) is 0 Å². The largest absolute Gasteiger partial charge is 0.337 e. The molecule has 0 spiro atoms. The first kappa shape index (κ1) is 16.5. The summed E-state index contributed by atoms with van der Waals surface area (Å²) in [7, 11) is -0.882. The number of hydrogen-bond donors (Lipinski definition) is 2. The monoisotopic (exact) mass is 318 g/mol. The van der Waals surface area contributed by atoms with Crippen LogP contribution in [0.2, 0.25) is 0 Å². The fourth-order valence-electron chi connectivity index (χ4n) is 2.35. The van der Waals surface area contributed by atoms with Crippen LogP contribution in [0.1, 0.15) is 12.5 Å². The lowest BCUT2D eigenvalue weighted by molar-refractivity contribution is 0.238. The Morgan fingerprint density at radius 1 is 1.18 bits per heavy atom. The van der Waals surface area contributed by atoms with E-state index in [1.165, 1.54) is 16.3 Å². The molecular weight excluding hydrogens is 296 g/mol. The SMILES string of the molecule is C[C@@H](Cc1ccc2ccccc2c1)NC(=O)NCC[S@](C)=O. The number of carbonyl (C=O) groups is 1. The van der Waals surface area contributed by atoms with Gasteiger partial charge in [0.05, 0.1) is 0 Å². The quantitative estimate of drug-likeness (QED) is 0.859. The van der Waals surface area contributed by atoms with Crippen LogP contribution in [-0.4, -0.2) is 34.8 Å². The Labute approximate surface area is 133 Å². The van der Waals surface area contributed by atoms with Gasteiger partial charge in [-0.15, -0.1) is 0 Å². The molecule has 0 aliphatic rings. The molecule has 118 valence electrons. The molecule has 0 heterocycles. The lowest BCUT2D eigenvalue weighted by atomic mass is 10.0. The van der Waals surface area contributed by atoms with E-state index in [9.17, 15) is 9.00 Å². The Balaban J connectivity index is 1.86. The van der Waals surface area contributed by atoms with Crippen molar-refractivity contribution in [3.63, 3.8) is 0 Å². The average molecular weight is 318 g/mol. The summed E-state index contributed by atoms with van der Waals surface area (Å²) in [6, 6.07) is 14.4. The first-order valence-electron chi connectivity index (χ1n) is 7.36. The Kier molecular flexibility index (Phi) is 5.95. The summed E-state index contributed by atoms with van der Waals surface area (Å²) in [6.45, 7) is 2.41. The van der Waals surface area contributed by atoms with Gasteiger partial charge in [0.15, 0.2) is 0 Å². The van der Waals surface area contributed by atoms with E-state index in [-0.39, 0.29) is 12.1 Å². The third-order valence-electron chi connectivity index (χ3n) is 3.41. The lowest BCUT2D eigenvalue weighted by Gasteiger charge is -2.15. The van der Waals surface area contributed by atoms with Crippen molar-refractivity contribution in [3.8, 4) is 0 Å². The number of fused-ring (bicyclic) bond motifs is 1. The highest BCUT2D eigenvalue weighted by Crippen LogP contribution is 2.16. The molecule has 0 aliphatic carbocycles. The van der Waals surface area contributed by atoms with E-state index in [0.29, 0.717) is 12.3 Å². The molecule has 0 radical (unpaired) electrons. The van der Waals surface area contributed by atoms with E-state index >= 15 is 0 Å². The van der Waals surface area contributed by atoms with Gasteiger partial charge >= 0.3 is 6.03 Å². The zero-order valence-electron chi connectivity index (χ0n) is 13.0. The zero-order valence-corrected chi connectivity index (χ0v) is 13.8. The second kappa shape index (κ2) is 7.94. The highest BCUT2D eigenvalue weighted by Gasteiger charge is 2.08. The van der Waals surface area contributed by atoms with E-state index in [1.807, 2.05) is 19.1 Å². The summed E-state index contributed by atoms with van der Waals surface area (Å²) in [5.41, 5.74) is 1.20. The van der Waals surface area contributed by atoms with Gasteiger partial charge in [-0.1, -0.05) is 42.5 Å². The second-order valence-electron chi connectivity index (χ2n) is 5.46. The predicted molar refractivity (Wildman–Crippen MR) is 92.6 cm³/mol. The molecule has 2 aromatic carbocycles. The van der Waals surface area contributed by atoms with Gasteiger partial charge < -0.3 is 10.6 Å². The highest BCUT2D eigenvalue weighted by molar-refractivity contribution is 7.84. The number of rotatable bonds is 6. The first-order valence-corrected chi connectivity index (χ1v) is 9.09. The number of hydrogen-bond acceptors (Lipinski definition) is 2. The molecule has 0 saturated carbocycles. The van der Waals surface area contributed by atoms with Crippen molar-refractivity contribution < 1.29 is 9.00 Å². The van der Waals surface area contributed by atoms with Gasteiger partial charge in [-0.25, -0.2) is 4.79 Å². The second-order valence-corrected chi connectivity index (χ2v) is 7.02. The molecule has 0 unspecified atom stereocenters. The van der Waals surface area contributed by atoms with Crippen LogP contribution >= 0.6 is 0 Å². The molecule has 2 rings (SSSR count). The summed E-state index contributed by atoms with van der Waals surface area (Å²) in [6.07, 6.45) is 2.40. The molecule has 0 bridgehead atoms. The lowest BCUT2D eigenvalue weighted by Crippen LogP contribution is -2.42. The van der Waals surface area contributed by atoms with Crippen LogP contribution in [0.4, 0.5) is 4.79 Å². The maximum absolute atomic E-state index is 11.7. The van der Waals surface area contributed by atoms with Crippen LogP contribution in [0.25, 0.3) is 10.8 Å². The van der Waals surface area contributed by atoms with Crippen molar-refractivity contribution in [2.75, 3.05) is 18.6 Å². The number of benzene rings is 2. The van der Waals surface area contributed by atoms with E-state index in [2.05, 4.69) is 41.0 Å². The molecule has 0 aliphatic heterocycles. The fourth-order valence-corrected chi connectivity index (χ4v) is 2.74. The Hall–Kier alpha value is -1.88. The van der Waals surface area contributed by atoms with Crippen molar-refractivity contribution in [3.05, 3.63) is 48.0 Å². The molecule has 2 amide bonds. The van der Waals surface area contributed by atoms with Crippen molar-refractivity contribution in [1.82, 2.24) is 10.6 Å². The maximum atomic E-state index is 11.7. The maximum Gasteiger partial charge on any atom is 0.315 e. The summed E-state index contributed by atoms with van der Waals surface area (Å²) < 4.78 is 10.9. The molecule has 0 saturated heterocycles. The average Bonchev–Trinajstić information content (AvgIpc) is 2.46. The fraction of sp³-hybridized carbons (Fsp3) is 0.353. The van der Waals surface area contributed by atoms with Gasteiger partial charge in [-0.05, 0) is 29.7 Å². The van der Waals surface area contributed by atoms with Crippen LogP contribution in [0.15, 0.2) is 42.5 Å². The van der Waals surface area contributed by atoms with Crippen molar-refractivity contribution in [2.45, 2.75) is 19.4 Å².